The molecule has 1 N–H and O–H groups in total. The highest BCUT2D eigenvalue weighted by molar-refractivity contribution is 6.19. The van der Waals surface area contributed by atoms with Crippen molar-refractivity contribution in [3.8, 4) is 0 Å². The molecule has 2 rings (SSSR count). The predicted molar refractivity (Wildman–Crippen MR) is 60.1 cm³/mol. The molecule has 6 heteroatoms. The van der Waals surface area contributed by atoms with Crippen molar-refractivity contribution in [2.75, 3.05) is 6.54 Å². The van der Waals surface area contributed by atoms with Gasteiger partial charge in [-0.25, -0.2) is 9.18 Å². The number of nitrogens with one attached hydrogen (secondary N) is 1. The number of nitrogens with zero attached hydrogens (tertiary/aromatic N) is 1. The molecule has 0 saturated carbocycles. The van der Waals surface area contributed by atoms with E-state index in [1.807, 2.05) is 0 Å². The van der Waals surface area contributed by atoms with Crippen LogP contribution in [0.4, 0.5) is 9.18 Å². The third-order valence-electron chi connectivity index (χ3n) is 2.77. The highest BCUT2D eigenvalue weighted by Crippen LogP contribution is 2.22. The maximum absolute atomic E-state index is 12.8. The molecule has 0 bridgehead atoms. The fourth-order valence-electron chi connectivity index (χ4n) is 1.86. The average molecular weight is 250 g/mol. The van der Waals surface area contributed by atoms with Gasteiger partial charge in [0.25, 0.3) is 0 Å². The van der Waals surface area contributed by atoms with Crippen LogP contribution >= 0.6 is 0 Å². The van der Waals surface area contributed by atoms with Crippen molar-refractivity contribution in [1.82, 2.24) is 10.2 Å². The SMILES string of the molecule is CCN1C(=O)NC(=O)C(c2ccc(F)cc2)C1=O. The summed E-state index contributed by atoms with van der Waals surface area (Å²) in [6.07, 6.45) is 0. The average Bonchev–Trinajstić information content (AvgIpc) is 2.31. The third-order valence-corrected chi connectivity index (χ3v) is 2.77. The second kappa shape index (κ2) is 4.56. The van der Waals surface area contributed by atoms with E-state index in [9.17, 15) is 18.8 Å². The molecule has 0 aromatic heterocycles. The molecule has 1 atom stereocenters. The maximum atomic E-state index is 12.8. The number of amides is 4. The van der Waals surface area contributed by atoms with E-state index in [0.29, 0.717) is 5.56 Å². The molecule has 94 valence electrons. The van der Waals surface area contributed by atoms with Gasteiger partial charge in [-0.3, -0.25) is 19.8 Å². The van der Waals surface area contributed by atoms with Crippen LogP contribution < -0.4 is 5.32 Å². The van der Waals surface area contributed by atoms with Gasteiger partial charge in [0, 0.05) is 6.54 Å². The minimum atomic E-state index is -1.09. The van der Waals surface area contributed by atoms with Crippen LogP contribution in [0.5, 0.6) is 0 Å². The summed E-state index contributed by atoms with van der Waals surface area (Å²) < 4.78 is 12.8. The van der Waals surface area contributed by atoms with E-state index >= 15 is 0 Å². The minimum Gasteiger partial charge on any atom is -0.277 e. The van der Waals surface area contributed by atoms with Crippen LogP contribution in [-0.4, -0.2) is 29.3 Å². The van der Waals surface area contributed by atoms with Crippen molar-refractivity contribution in [2.45, 2.75) is 12.8 Å². The Hall–Kier alpha value is -2.24. The molecule has 1 unspecified atom stereocenters. The van der Waals surface area contributed by atoms with Gasteiger partial charge in [-0.2, -0.15) is 0 Å². The van der Waals surface area contributed by atoms with E-state index < -0.39 is 29.6 Å². The number of halogens is 1. The van der Waals surface area contributed by atoms with Gasteiger partial charge in [0.2, 0.25) is 11.8 Å². The fraction of sp³-hybridized carbons (Fsp3) is 0.250. The number of barbiturate groups is 1. The summed E-state index contributed by atoms with van der Waals surface area (Å²) in [5.41, 5.74) is 0.366. The van der Waals surface area contributed by atoms with Gasteiger partial charge in [-0.1, -0.05) is 12.1 Å². The lowest BCUT2D eigenvalue weighted by atomic mass is 9.95. The summed E-state index contributed by atoms with van der Waals surface area (Å²) in [4.78, 5) is 36.0. The van der Waals surface area contributed by atoms with Crippen LogP contribution in [0.15, 0.2) is 24.3 Å². The molecule has 1 saturated heterocycles. The van der Waals surface area contributed by atoms with Gasteiger partial charge in [0.1, 0.15) is 11.7 Å². The van der Waals surface area contributed by atoms with E-state index in [-0.39, 0.29) is 6.54 Å². The zero-order chi connectivity index (χ0) is 13.3. The number of hydrogen-bond acceptors (Lipinski definition) is 3. The standard InChI is InChI=1S/C12H11FN2O3/c1-2-15-11(17)9(10(16)14-12(15)18)7-3-5-8(13)6-4-7/h3-6,9H,2H2,1H3,(H,14,16,18). The van der Waals surface area contributed by atoms with Crippen molar-refractivity contribution >= 4 is 17.8 Å². The number of likely N-dealkylation sites (N-methyl/N-ethyl adjacent to an activating group) is 1. The second-order valence-electron chi connectivity index (χ2n) is 3.86. The zero-order valence-electron chi connectivity index (χ0n) is 9.64. The van der Waals surface area contributed by atoms with Gasteiger partial charge >= 0.3 is 6.03 Å². The van der Waals surface area contributed by atoms with Gasteiger partial charge in [0.15, 0.2) is 0 Å². The molecule has 18 heavy (non-hydrogen) atoms. The fourth-order valence-corrected chi connectivity index (χ4v) is 1.86. The monoisotopic (exact) mass is 250 g/mol. The lowest BCUT2D eigenvalue weighted by molar-refractivity contribution is -0.138. The lowest BCUT2D eigenvalue weighted by Crippen LogP contribution is -2.56. The van der Waals surface area contributed by atoms with Crippen molar-refractivity contribution < 1.29 is 18.8 Å². The number of rotatable bonds is 2. The van der Waals surface area contributed by atoms with E-state index in [1.165, 1.54) is 24.3 Å². The van der Waals surface area contributed by atoms with Gasteiger partial charge in [0.05, 0.1) is 0 Å². The first-order valence-electron chi connectivity index (χ1n) is 5.46. The van der Waals surface area contributed by atoms with Crippen LogP contribution in [0.2, 0.25) is 0 Å². The van der Waals surface area contributed by atoms with Gasteiger partial charge < -0.3 is 0 Å². The Labute approximate surface area is 103 Å². The Morgan fingerprint density at radius 1 is 1.22 bits per heavy atom. The van der Waals surface area contributed by atoms with Crippen LogP contribution in [0.3, 0.4) is 0 Å². The Balaban J connectivity index is 2.36. The molecule has 1 heterocycles. The van der Waals surface area contributed by atoms with E-state index in [0.717, 1.165) is 4.90 Å². The topological polar surface area (TPSA) is 66.5 Å². The van der Waals surface area contributed by atoms with E-state index in [4.69, 9.17) is 0 Å². The first-order chi connectivity index (χ1) is 8.54. The summed E-state index contributed by atoms with van der Waals surface area (Å²) in [7, 11) is 0. The first-order valence-corrected chi connectivity index (χ1v) is 5.46. The van der Waals surface area contributed by atoms with Crippen molar-refractivity contribution in [1.29, 1.82) is 0 Å². The number of hydrogen-bond donors (Lipinski definition) is 1. The van der Waals surface area contributed by atoms with Crippen LogP contribution in [0.25, 0.3) is 0 Å². The molecular formula is C12H11FN2O3. The normalized spacial score (nSPS) is 20.0. The van der Waals surface area contributed by atoms with Crippen molar-refractivity contribution in [3.05, 3.63) is 35.6 Å². The van der Waals surface area contributed by atoms with Crippen LogP contribution in [0, 0.1) is 5.82 Å². The largest absolute Gasteiger partial charge is 0.330 e. The van der Waals surface area contributed by atoms with Crippen molar-refractivity contribution in [3.63, 3.8) is 0 Å². The van der Waals surface area contributed by atoms with Crippen molar-refractivity contribution in [2.24, 2.45) is 0 Å². The van der Waals surface area contributed by atoms with Gasteiger partial charge in [-0.05, 0) is 24.6 Å². The summed E-state index contributed by atoms with van der Waals surface area (Å²) in [5.74, 6) is -2.81. The number of imide groups is 2. The predicted octanol–water partition coefficient (Wildman–Crippen LogP) is 1.01. The molecule has 4 amide bonds. The third kappa shape index (κ3) is 1.97. The number of urea groups is 1. The zero-order valence-corrected chi connectivity index (χ0v) is 9.64. The molecule has 1 fully saturated rings. The summed E-state index contributed by atoms with van der Waals surface area (Å²) in [5, 5.41) is 2.11. The molecule has 1 aromatic rings. The minimum absolute atomic E-state index is 0.176. The molecule has 1 aliphatic rings. The molecule has 0 radical (unpaired) electrons. The molecule has 1 aromatic carbocycles. The van der Waals surface area contributed by atoms with Gasteiger partial charge in [-0.15, -0.1) is 0 Å². The Bertz CT molecular complexity index is 513. The second-order valence-corrected chi connectivity index (χ2v) is 3.86. The summed E-state index contributed by atoms with van der Waals surface area (Å²) in [6, 6.07) is 4.35. The number of carbonyl (C=O) groups is 3. The Kier molecular flexibility index (Phi) is 3.10. The highest BCUT2D eigenvalue weighted by Gasteiger charge is 2.40. The first kappa shape index (κ1) is 12.2. The lowest BCUT2D eigenvalue weighted by Gasteiger charge is -2.29. The molecule has 5 nitrogen and oxygen atoms in total. The van der Waals surface area contributed by atoms with Crippen LogP contribution in [0.1, 0.15) is 18.4 Å². The van der Waals surface area contributed by atoms with Crippen LogP contribution in [-0.2, 0) is 9.59 Å². The Morgan fingerprint density at radius 2 is 1.83 bits per heavy atom. The maximum Gasteiger partial charge on any atom is 0.330 e. The Morgan fingerprint density at radius 3 is 2.39 bits per heavy atom. The molecule has 0 aliphatic carbocycles. The molecular weight excluding hydrogens is 239 g/mol. The molecule has 0 spiro atoms. The quantitative estimate of drug-likeness (QED) is 0.796. The van der Waals surface area contributed by atoms with E-state index in [1.54, 1.807) is 6.92 Å². The molecule has 1 aliphatic heterocycles. The number of benzene rings is 1. The van der Waals surface area contributed by atoms with E-state index in [2.05, 4.69) is 5.32 Å². The smallest absolute Gasteiger partial charge is 0.277 e. The summed E-state index contributed by atoms with van der Waals surface area (Å²) in [6.45, 7) is 1.81. The number of carbonyl (C=O) groups excluding carboxylic acids is 3. The summed E-state index contributed by atoms with van der Waals surface area (Å²) >= 11 is 0. The highest BCUT2D eigenvalue weighted by atomic mass is 19.1.